The third-order valence-corrected chi connectivity index (χ3v) is 9.56. The molecule has 48 heavy (non-hydrogen) atoms. The van der Waals surface area contributed by atoms with Crippen molar-refractivity contribution >= 4 is 29.8 Å². The Morgan fingerprint density at radius 1 is 0.438 bits per heavy atom. The molecule has 0 N–H and O–H groups in total. The Morgan fingerprint density at radius 3 is 1.40 bits per heavy atom. The summed E-state index contributed by atoms with van der Waals surface area (Å²) in [6.45, 7) is 1.73. The van der Waals surface area contributed by atoms with Crippen molar-refractivity contribution in [1.82, 2.24) is 0 Å². The van der Waals surface area contributed by atoms with Crippen LogP contribution in [0.2, 0.25) is 0 Å². The summed E-state index contributed by atoms with van der Waals surface area (Å²) >= 11 is 0. The second-order valence-corrected chi connectivity index (χ2v) is 13.7. The van der Waals surface area contributed by atoms with Crippen LogP contribution in [0.4, 0.5) is 0 Å². The van der Waals surface area contributed by atoms with Gasteiger partial charge >= 0.3 is 29.8 Å². The zero-order valence-corrected chi connectivity index (χ0v) is 28.5. The van der Waals surface area contributed by atoms with Crippen molar-refractivity contribution in [1.29, 1.82) is 0 Å². The van der Waals surface area contributed by atoms with Crippen molar-refractivity contribution in [3.05, 3.63) is 0 Å². The lowest BCUT2D eigenvalue weighted by Crippen LogP contribution is -2.24. The number of hydrogen-bond donors (Lipinski definition) is 0. The first-order valence-electron chi connectivity index (χ1n) is 18.5. The van der Waals surface area contributed by atoms with E-state index in [4.69, 9.17) is 33.2 Å². The summed E-state index contributed by atoms with van der Waals surface area (Å²) in [5.41, 5.74) is 0. The molecule has 2 aliphatic carbocycles. The Hall–Kier alpha value is -2.73. The van der Waals surface area contributed by atoms with Crippen LogP contribution in [0.1, 0.15) is 128 Å². The van der Waals surface area contributed by atoms with Gasteiger partial charge in [0.15, 0.2) is 0 Å². The highest BCUT2D eigenvalue weighted by Crippen LogP contribution is 2.40. The average molecular weight is 681 g/mol. The van der Waals surface area contributed by atoms with Gasteiger partial charge in [0.05, 0.1) is 63.4 Å². The van der Waals surface area contributed by atoms with Gasteiger partial charge in [-0.3, -0.25) is 24.0 Å². The lowest BCUT2D eigenvalue weighted by molar-refractivity contribution is -0.149. The predicted molar refractivity (Wildman–Crippen MR) is 171 cm³/mol. The molecule has 2 saturated heterocycles. The fourth-order valence-corrected chi connectivity index (χ4v) is 6.44. The number of ether oxygens (including phenoxy) is 7. The third kappa shape index (κ3) is 15.7. The van der Waals surface area contributed by atoms with Gasteiger partial charge in [0.1, 0.15) is 0 Å². The van der Waals surface area contributed by atoms with Gasteiger partial charge in [-0.1, -0.05) is 0 Å². The number of epoxide rings is 2. The number of unbranched alkanes of at least 4 members (excludes halogenated alkanes) is 6. The number of carbonyl (C=O) groups is 5. The molecule has 6 unspecified atom stereocenters. The molecule has 12 heteroatoms. The summed E-state index contributed by atoms with van der Waals surface area (Å²) in [4.78, 5) is 59.8. The smallest absolute Gasteiger partial charge is 0.309 e. The lowest BCUT2D eigenvalue weighted by atomic mass is 9.89. The molecule has 6 atom stereocenters. The standard InChI is InChI=1S/C36H56O12/c37-32(42-19-8-2-4-12-35(40)46-25-26-15-17-28-30(23-26)47-28)11-3-1-7-20-43-33(38)13-5-9-21-44-34(39)14-6-10-22-45-36(41)27-16-18-29-31(24-27)48-29/h26-31H,1-25H2. The summed E-state index contributed by atoms with van der Waals surface area (Å²) in [6, 6.07) is 0. The highest BCUT2D eigenvalue weighted by atomic mass is 16.6. The van der Waals surface area contributed by atoms with E-state index in [1.807, 2.05) is 0 Å². The van der Waals surface area contributed by atoms with Crippen molar-refractivity contribution in [3.63, 3.8) is 0 Å². The molecule has 2 heterocycles. The second kappa shape index (κ2) is 21.4. The Morgan fingerprint density at radius 2 is 0.875 bits per heavy atom. The van der Waals surface area contributed by atoms with E-state index in [2.05, 4.69) is 0 Å². The second-order valence-electron chi connectivity index (χ2n) is 13.7. The van der Waals surface area contributed by atoms with E-state index in [1.54, 1.807) is 0 Å². The van der Waals surface area contributed by atoms with E-state index >= 15 is 0 Å². The Balaban J connectivity index is 0.829. The lowest BCUT2D eigenvalue weighted by Gasteiger charge is -2.18. The van der Waals surface area contributed by atoms with E-state index in [9.17, 15) is 24.0 Å². The first-order chi connectivity index (χ1) is 23.4. The summed E-state index contributed by atoms with van der Waals surface area (Å²) < 4.78 is 37.5. The molecular formula is C36H56O12. The molecule has 0 aromatic heterocycles. The van der Waals surface area contributed by atoms with Gasteiger partial charge in [0.2, 0.25) is 0 Å². The normalized spacial score (nSPS) is 25.2. The molecule has 0 radical (unpaired) electrons. The van der Waals surface area contributed by atoms with E-state index < -0.39 is 0 Å². The molecule has 0 spiro atoms. The predicted octanol–water partition coefficient (Wildman–Crippen LogP) is 5.30. The van der Waals surface area contributed by atoms with Crippen molar-refractivity contribution in [2.75, 3.05) is 33.0 Å². The van der Waals surface area contributed by atoms with Gasteiger partial charge in [0.25, 0.3) is 0 Å². The summed E-state index contributed by atoms with van der Waals surface area (Å²) in [6.07, 6.45) is 15.1. The fourth-order valence-electron chi connectivity index (χ4n) is 6.44. The highest BCUT2D eigenvalue weighted by Gasteiger charge is 2.46. The fraction of sp³-hybridized carbons (Fsp3) is 0.861. The van der Waals surface area contributed by atoms with Crippen LogP contribution in [0.15, 0.2) is 0 Å². The zero-order valence-electron chi connectivity index (χ0n) is 28.5. The number of rotatable bonds is 25. The number of hydrogen-bond acceptors (Lipinski definition) is 12. The first-order valence-corrected chi connectivity index (χ1v) is 18.5. The molecule has 4 aliphatic rings. The zero-order chi connectivity index (χ0) is 34.0. The molecule has 0 aromatic rings. The van der Waals surface area contributed by atoms with E-state index in [-0.39, 0.29) is 61.3 Å². The van der Waals surface area contributed by atoms with Crippen LogP contribution in [0, 0.1) is 11.8 Å². The monoisotopic (exact) mass is 680 g/mol. The molecule has 272 valence electrons. The molecule has 0 amide bonds. The maximum absolute atomic E-state index is 12.1. The number of fused-ring (bicyclic) bond motifs is 2. The van der Waals surface area contributed by atoms with Crippen LogP contribution in [0.3, 0.4) is 0 Å². The van der Waals surface area contributed by atoms with Crippen molar-refractivity contribution in [2.45, 2.75) is 153 Å². The topological polar surface area (TPSA) is 157 Å². The molecule has 0 aromatic carbocycles. The van der Waals surface area contributed by atoms with Crippen LogP contribution in [0.5, 0.6) is 0 Å². The van der Waals surface area contributed by atoms with Crippen LogP contribution in [0.25, 0.3) is 0 Å². The van der Waals surface area contributed by atoms with Crippen molar-refractivity contribution < 1.29 is 57.1 Å². The van der Waals surface area contributed by atoms with E-state index in [0.29, 0.717) is 102 Å². The molecule has 2 saturated carbocycles. The molecule has 4 fully saturated rings. The maximum Gasteiger partial charge on any atom is 0.309 e. The van der Waals surface area contributed by atoms with Gasteiger partial charge in [-0.15, -0.1) is 0 Å². The molecule has 12 nitrogen and oxygen atoms in total. The van der Waals surface area contributed by atoms with Gasteiger partial charge in [0, 0.05) is 25.7 Å². The maximum atomic E-state index is 12.1. The molecular weight excluding hydrogens is 624 g/mol. The van der Waals surface area contributed by atoms with Crippen LogP contribution in [-0.2, 0) is 57.1 Å². The third-order valence-electron chi connectivity index (χ3n) is 9.56. The SMILES string of the molecule is O=C(CCCCCOC(=O)CCCCOC(=O)CCCCOC(=O)C1CCC2OC2C1)OCCCCCC(=O)OCC1CCC2OC2C1. The average Bonchev–Trinajstić information content (AvgIpc) is 4.01. The van der Waals surface area contributed by atoms with Gasteiger partial charge in [-0.05, 0) is 109 Å². The van der Waals surface area contributed by atoms with Gasteiger partial charge in [-0.2, -0.15) is 0 Å². The first kappa shape index (κ1) is 38.1. The van der Waals surface area contributed by atoms with Crippen LogP contribution in [-0.4, -0.2) is 87.3 Å². The van der Waals surface area contributed by atoms with E-state index in [0.717, 1.165) is 64.2 Å². The number of esters is 5. The minimum absolute atomic E-state index is 0.0596. The summed E-state index contributed by atoms with van der Waals surface area (Å²) in [5, 5.41) is 0. The van der Waals surface area contributed by atoms with E-state index in [1.165, 1.54) is 0 Å². The number of carbonyl (C=O) groups excluding carboxylic acids is 5. The minimum Gasteiger partial charge on any atom is -0.466 e. The van der Waals surface area contributed by atoms with Crippen molar-refractivity contribution in [3.8, 4) is 0 Å². The minimum atomic E-state index is -0.288. The van der Waals surface area contributed by atoms with Crippen molar-refractivity contribution in [2.24, 2.45) is 11.8 Å². The Bertz CT molecular complexity index is 1030. The quantitative estimate of drug-likeness (QED) is 0.0532. The summed E-state index contributed by atoms with van der Waals surface area (Å²) in [5.74, 6) is -0.746. The van der Waals surface area contributed by atoms with Gasteiger partial charge in [-0.25, -0.2) is 0 Å². The molecule has 2 aliphatic heterocycles. The van der Waals surface area contributed by atoms with Gasteiger partial charge < -0.3 is 33.2 Å². The summed E-state index contributed by atoms with van der Waals surface area (Å²) in [7, 11) is 0. The van der Waals surface area contributed by atoms with Crippen LogP contribution >= 0.6 is 0 Å². The largest absolute Gasteiger partial charge is 0.466 e. The highest BCUT2D eigenvalue weighted by molar-refractivity contribution is 5.73. The molecule has 4 rings (SSSR count). The van der Waals surface area contributed by atoms with Crippen LogP contribution < -0.4 is 0 Å². The Labute approximate surface area is 284 Å². The molecule has 0 bridgehead atoms. The Kier molecular flexibility index (Phi) is 17.0.